The van der Waals surface area contributed by atoms with Gasteiger partial charge in [0.15, 0.2) is 5.82 Å². The van der Waals surface area contributed by atoms with Crippen molar-refractivity contribution in [1.82, 2.24) is 20.0 Å². The molecule has 3 amide bonds. The first-order valence-electron chi connectivity index (χ1n) is 8.63. The average molecular weight is 352 g/mol. The number of carbonyl (C=O) groups is 2. The van der Waals surface area contributed by atoms with E-state index in [1.807, 2.05) is 44.2 Å². The number of hydrogen-bond acceptors (Lipinski definition) is 4. The normalized spacial score (nSPS) is 15.8. The highest BCUT2D eigenvalue weighted by Crippen LogP contribution is 2.32. The minimum atomic E-state index is -0.245. The van der Waals surface area contributed by atoms with E-state index < -0.39 is 0 Å². The Morgan fingerprint density at radius 1 is 1.27 bits per heavy atom. The lowest BCUT2D eigenvalue weighted by atomic mass is 10.2. The van der Waals surface area contributed by atoms with Crippen LogP contribution in [0.5, 0.6) is 0 Å². The molecule has 8 nitrogen and oxygen atoms in total. The number of carbonyl (C=O) groups excluding carboxylic acids is 2. The first-order chi connectivity index (χ1) is 12.6. The molecule has 0 unspecified atom stereocenters. The molecule has 0 fully saturated rings. The van der Waals surface area contributed by atoms with Gasteiger partial charge in [-0.3, -0.25) is 19.6 Å². The van der Waals surface area contributed by atoms with Crippen LogP contribution in [-0.4, -0.2) is 58.1 Å². The topological polar surface area (TPSA) is 82.8 Å². The highest BCUT2D eigenvalue weighted by atomic mass is 16.2. The highest BCUT2D eigenvalue weighted by Gasteiger charge is 2.41. The molecule has 2 aliphatic rings. The minimum Gasteiger partial charge on any atom is -0.352 e. The molecule has 1 aromatic carbocycles. The average Bonchev–Trinajstić information content (AvgIpc) is 3.25. The Kier molecular flexibility index (Phi) is 3.95. The molecule has 0 atom stereocenters. The van der Waals surface area contributed by atoms with Gasteiger partial charge in [-0.25, -0.2) is 9.48 Å². The van der Waals surface area contributed by atoms with Crippen LogP contribution < -0.4 is 10.2 Å². The van der Waals surface area contributed by atoms with E-state index in [9.17, 15) is 9.59 Å². The number of benzene rings is 1. The van der Waals surface area contributed by atoms with E-state index in [0.717, 1.165) is 11.3 Å². The van der Waals surface area contributed by atoms with Crippen LogP contribution in [-0.2, 0) is 4.79 Å². The molecule has 0 saturated carbocycles. The van der Waals surface area contributed by atoms with E-state index in [2.05, 4.69) is 15.4 Å². The molecule has 0 spiro atoms. The number of nitrogens with one attached hydrogen (secondary N) is 1. The molecule has 26 heavy (non-hydrogen) atoms. The molecule has 0 bridgehead atoms. The standard InChI is InChI=1S/C18H20N6O2/c1-12(2)21-15(25)11-23-17-14(16-19-8-9-22(16)18(23)26)10-20-24(17)13-6-4-3-5-7-13/h3-7,10,12H,8-9,11H2,1-2H3,(H,21,25). The van der Waals surface area contributed by atoms with Gasteiger partial charge in [-0.2, -0.15) is 5.10 Å². The number of para-hydroxylation sites is 1. The zero-order valence-corrected chi connectivity index (χ0v) is 14.7. The molecule has 2 aromatic rings. The van der Waals surface area contributed by atoms with Crippen molar-refractivity contribution in [2.24, 2.45) is 4.99 Å². The van der Waals surface area contributed by atoms with Gasteiger partial charge in [0, 0.05) is 12.6 Å². The summed E-state index contributed by atoms with van der Waals surface area (Å²) in [7, 11) is 0. The van der Waals surface area contributed by atoms with E-state index in [-0.39, 0.29) is 24.5 Å². The van der Waals surface area contributed by atoms with Crippen molar-refractivity contribution in [3.8, 4) is 5.69 Å². The van der Waals surface area contributed by atoms with E-state index in [0.29, 0.717) is 24.7 Å². The third-order valence-corrected chi connectivity index (χ3v) is 4.30. The van der Waals surface area contributed by atoms with Crippen LogP contribution in [0.4, 0.5) is 10.6 Å². The van der Waals surface area contributed by atoms with E-state index in [4.69, 9.17) is 0 Å². The molecule has 3 heterocycles. The molecule has 4 rings (SSSR count). The van der Waals surface area contributed by atoms with Gasteiger partial charge in [-0.15, -0.1) is 0 Å². The van der Waals surface area contributed by atoms with Crippen molar-refractivity contribution < 1.29 is 9.59 Å². The minimum absolute atomic E-state index is 0.00445. The van der Waals surface area contributed by atoms with Gasteiger partial charge in [0.25, 0.3) is 0 Å². The summed E-state index contributed by atoms with van der Waals surface area (Å²) >= 11 is 0. The fourth-order valence-corrected chi connectivity index (χ4v) is 3.27. The van der Waals surface area contributed by atoms with Gasteiger partial charge in [-0.1, -0.05) is 18.2 Å². The second-order valence-electron chi connectivity index (χ2n) is 6.58. The molecule has 2 aliphatic heterocycles. The van der Waals surface area contributed by atoms with Crippen molar-refractivity contribution in [3.63, 3.8) is 0 Å². The Bertz CT molecular complexity index is 886. The summed E-state index contributed by atoms with van der Waals surface area (Å²) in [4.78, 5) is 32.9. The smallest absolute Gasteiger partial charge is 0.331 e. The van der Waals surface area contributed by atoms with E-state index in [1.165, 1.54) is 4.90 Å². The highest BCUT2D eigenvalue weighted by molar-refractivity contribution is 6.20. The molecule has 134 valence electrons. The first-order valence-corrected chi connectivity index (χ1v) is 8.63. The molecular weight excluding hydrogens is 332 g/mol. The number of aliphatic imine (C=N–C) groups is 1. The maximum Gasteiger partial charge on any atom is 0.331 e. The molecule has 1 N–H and O–H groups in total. The summed E-state index contributed by atoms with van der Waals surface area (Å²) in [6.45, 7) is 4.80. The molecule has 8 heteroatoms. The fraction of sp³-hybridized carbons (Fsp3) is 0.333. The summed E-state index contributed by atoms with van der Waals surface area (Å²) < 4.78 is 1.69. The summed E-state index contributed by atoms with van der Waals surface area (Å²) in [5.74, 6) is 1.00. The quantitative estimate of drug-likeness (QED) is 0.903. The van der Waals surface area contributed by atoms with Gasteiger partial charge in [0.05, 0.1) is 24.0 Å². The summed E-state index contributed by atoms with van der Waals surface area (Å²) in [6, 6.07) is 9.31. The lowest BCUT2D eigenvalue weighted by molar-refractivity contribution is -0.120. The Balaban J connectivity index is 1.80. The number of hydrogen-bond donors (Lipinski definition) is 1. The lowest BCUT2D eigenvalue weighted by Crippen LogP contribution is -2.53. The molecule has 0 radical (unpaired) electrons. The summed E-state index contributed by atoms with van der Waals surface area (Å²) in [5, 5.41) is 7.31. The van der Waals surface area contributed by atoms with Crippen LogP contribution in [0.25, 0.3) is 5.69 Å². The number of aromatic nitrogens is 2. The number of fused-ring (bicyclic) bond motifs is 3. The first kappa shape index (κ1) is 16.3. The predicted molar refractivity (Wildman–Crippen MR) is 97.7 cm³/mol. The van der Waals surface area contributed by atoms with Gasteiger partial charge in [0.1, 0.15) is 12.4 Å². The van der Waals surface area contributed by atoms with Crippen LogP contribution in [0.15, 0.2) is 41.5 Å². The number of amidine groups is 1. The Morgan fingerprint density at radius 2 is 2.04 bits per heavy atom. The van der Waals surface area contributed by atoms with Gasteiger partial charge in [0.2, 0.25) is 5.91 Å². The maximum atomic E-state index is 13.0. The third kappa shape index (κ3) is 2.63. The third-order valence-electron chi connectivity index (χ3n) is 4.30. The monoisotopic (exact) mass is 352 g/mol. The van der Waals surface area contributed by atoms with Crippen LogP contribution in [0.2, 0.25) is 0 Å². The van der Waals surface area contributed by atoms with E-state index >= 15 is 0 Å². The Hall–Kier alpha value is -3.16. The molecule has 0 aliphatic carbocycles. The van der Waals surface area contributed by atoms with Gasteiger partial charge in [-0.05, 0) is 26.0 Å². The second kappa shape index (κ2) is 6.29. The van der Waals surface area contributed by atoms with Crippen LogP contribution in [0, 0.1) is 0 Å². The molecule has 0 saturated heterocycles. The van der Waals surface area contributed by atoms with Crippen molar-refractivity contribution in [2.45, 2.75) is 19.9 Å². The largest absolute Gasteiger partial charge is 0.352 e. The SMILES string of the molecule is CC(C)NC(=O)CN1C(=O)N2CCN=C2c2cnn(-c3ccccc3)c21. The van der Waals surface area contributed by atoms with Gasteiger partial charge >= 0.3 is 6.03 Å². The maximum absolute atomic E-state index is 13.0. The number of rotatable bonds is 4. The van der Waals surface area contributed by atoms with Crippen molar-refractivity contribution in [1.29, 1.82) is 0 Å². The van der Waals surface area contributed by atoms with Crippen molar-refractivity contribution >= 4 is 23.6 Å². The molecular formula is C18H20N6O2. The predicted octanol–water partition coefficient (Wildman–Crippen LogP) is 1.40. The number of amides is 3. The lowest BCUT2D eigenvalue weighted by Gasteiger charge is -2.33. The Labute approximate surface area is 151 Å². The number of urea groups is 1. The molecule has 1 aromatic heterocycles. The van der Waals surface area contributed by atoms with Crippen molar-refractivity contribution in [2.75, 3.05) is 24.5 Å². The van der Waals surface area contributed by atoms with Gasteiger partial charge < -0.3 is 5.32 Å². The second-order valence-corrected chi connectivity index (χ2v) is 6.58. The fourth-order valence-electron chi connectivity index (χ4n) is 3.27. The van der Waals surface area contributed by atoms with E-state index in [1.54, 1.807) is 15.8 Å². The zero-order valence-electron chi connectivity index (χ0n) is 14.7. The Morgan fingerprint density at radius 3 is 2.77 bits per heavy atom. The number of anilines is 1. The van der Waals surface area contributed by atoms with Crippen LogP contribution >= 0.6 is 0 Å². The van der Waals surface area contributed by atoms with Crippen LogP contribution in [0.3, 0.4) is 0 Å². The summed E-state index contributed by atoms with van der Waals surface area (Å²) in [6.07, 6.45) is 1.71. The van der Waals surface area contributed by atoms with Crippen LogP contribution in [0.1, 0.15) is 19.4 Å². The zero-order chi connectivity index (χ0) is 18.3. The number of nitrogens with zero attached hydrogens (tertiary/aromatic N) is 5. The summed E-state index contributed by atoms with van der Waals surface area (Å²) in [5.41, 5.74) is 1.59. The van der Waals surface area contributed by atoms with Crippen molar-refractivity contribution in [3.05, 3.63) is 42.1 Å².